The topological polar surface area (TPSA) is 106 Å². The van der Waals surface area contributed by atoms with Crippen LogP contribution in [0.4, 0.5) is 5.95 Å². The Balaban J connectivity index is 1.62. The molecule has 0 aliphatic carbocycles. The number of rotatable bonds is 4. The number of ether oxygens (including phenoxy) is 1. The predicted octanol–water partition coefficient (Wildman–Crippen LogP) is 0.835. The van der Waals surface area contributed by atoms with Gasteiger partial charge < -0.3 is 14.5 Å². The van der Waals surface area contributed by atoms with E-state index in [9.17, 15) is 9.59 Å². The lowest BCUT2D eigenvalue weighted by Gasteiger charge is -2.31. The van der Waals surface area contributed by atoms with Crippen LogP contribution >= 0.6 is 0 Å². The van der Waals surface area contributed by atoms with E-state index in [1.54, 1.807) is 24.3 Å². The van der Waals surface area contributed by atoms with E-state index in [2.05, 4.69) is 20.1 Å². The zero-order valence-electron chi connectivity index (χ0n) is 17.6. The number of fused-ring (bicyclic) bond motifs is 1. The largest absolute Gasteiger partial charge is 0.466 e. The summed E-state index contributed by atoms with van der Waals surface area (Å²) in [4.78, 5) is 42.9. The zero-order chi connectivity index (χ0) is 21.3. The minimum atomic E-state index is -0.684. The summed E-state index contributed by atoms with van der Waals surface area (Å²) in [5, 5.41) is 4.15. The molecule has 0 radical (unpaired) electrons. The number of hydrogen-bond acceptors (Lipinski definition) is 8. The fourth-order valence-corrected chi connectivity index (χ4v) is 4.51. The number of likely N-dealkylation sites (tertiary alicyclic amines) is 1. The van der Waals surface area contributed by atoms with E-state index in [0.29, 0.717) is 51.6 Å². The van der Waals surface area contributed by atoms with Crippen molar-refractivity contribution >= 4 is 17.8 Å². The first kappa shape index (κ1) is 20.2. The summed E-state index contributed by atoms with van der Waals surface area (Å²) in [5.74, 6) is 0.284. The third-order valence-electron chi connectivity index (χ3n) is 6.00. The third kappa shape index (κ3) is 3.61. The van der Waals surface area contributed by atoms with E-state index >= 15 is 0 Å². The number of carbonyl (C=O) groups excluding carboxylic acids is 2. The summed E-state index contributed by atoms with van der Waals surface area (Å²) < 4.78 is 7.00. The minimum Gasteiger partial charge on any atom is -0.466 e. The van der Waals surface area contributed by atoms with Crippen LogP contribution in [0.1, 0.15) is 35.9 Å². The van der Waals surface area contributed by atoms with Crippen LogP contribution in [0, 0.1) is 18.3 Å². The van der Waals surface area contributed by atoms with Crippen molar-refractivity contribution in [1.29, 1.82) is 0 Å². The molecule has 2 fully saturated rings. The lowest BCUT2D eigenvalue weighted by atomic mass is 9.75. The number of amides is 1. The molecular formula is C20H27N7O3. The lowest BCUT2D eigenvalue weighted by molar-refractivity contribution is -0.157. The molecule has 160 valence electrons. The van der Waals surface area contributed by atoms with Gasteiger partial charge in [-0.25, -0.2) is 15.0 Å². The molecule has 2 aromatic rings. The minimum absolute atomic E-state index is 0.0865. The van der Waals surface area contributed by atoms with Gasteiger partial charge in [-0.1, -0.05) is 0 Å². The molecule has 10 nitrogen and oxygen atoms in total. The van der Waals surface area contributed by atoms with Crippen LogP contribution in [-0.4, -0.2) is 74.3 Å². The monoisotopic (exact) mass is 413 g/mol. The number of hydrogen-bond donors (Lipinski definition) is 0. The Hall–Kier alpha value is -3.04. The first-order chi connectivity index (χ1) is 14.4. The van der Waals surface area contributed by atoms with Crippen molar-refractivity contribution < 1.29 is 14.3 Å². The van der Waals surface area contributed by atoms with Crippen LogP contribution in [0.25, 0.3) is 0 Å². The number of anilines is 1. The number of nitrogens with zero attached hydrogens (tertiary/aromatic N) is 7. The van der Waals surface area contributed by atoms with Crippen LogP contribution < -0.4 is 4.90 Å². The van der Waals surface area contributed by atoms with Gasteiger partial charge in [-0.3, -0.25) is 14.3 Å². The SMILES string of the molecule is CCOC(=O)[C@]12CCCN(C(=O)c3ncn(C)n3)C[C@H]1CN(c1ncc(C)cn1)C2. The quantitative estimate of drug-likeness (QED) is 0.679. The summed E-state index contributed by atoms with van der Waals surface area (Å²) >= 11 is 0. The third-order valence-corrected chi connectivity index (χ3v) is 6.00. The Bertz CT molecular complexity index is 929. The van der Waals surface area contributed by atoms with Crippen molar-refractivity contribution in [3.05, 3.63) is 30.1 Å². The highest BCUT2D eigenvalue weighted by molar-refractivity contribution is 5.90. The first-order valence-electron chi connectivity index (χ1n) is 10.3. The van der Waals surface area contributed by atoms with Gasteiger partial charge in [0.25, 0.3) is 5.91 Å². The molecule has 4 heterocycles. The molecule has 2 aliphatic heterocycles. The van der Waals surface area contributed by atoms with Gasteiger partial charge in [-0.2, -0.15) is 0 Å². The van der Waals surface area contributed by atoms with Gasteiger partial charge in [0.05, 0.1) is 12.0 Å². The Morgan fingerprint density at radius 1 is 1.23 bits per heavy atom. The molecule has 2 atom stereocenters. The molecule has 0 bridgehead atoms. The van der Waals surface area contributed by atoms with Crippen molar-refractivity contribution in [2.45, 2.75) is 26.7 Å². The molecule has 1 amide bonds. The number of esters is 1. The van der Waals surface area contributed by atoms with Crippen molar-refractivity contribution in [3.8, 4) is 0 Å². The van der Waals surface area contributed by atoms with E-state index in [1.165, 1.54) is 11.0 Å². The van der Waals surface area contributed by atoms with Crippen LogP contribution in [0.15, 0.2) is 18.7 Å². The maximum absolute atomic E-state index is 13.1. The van der Waals surface area contributed by atoms with E-state index in [0.717, 1.165) is 5.56 Å². The first-order valence-corrected chi connectivity index (χ1v) is 10.3. The maximum atomic E-state index is 13.1. The van der Waals surface area contributed by atoms with Gasteiger partial charge in [-0.05, 0) is 32.3 Å². The molecule has 2 aliphatic rings. The molecule has 2 aromatic heterocycles. The predicted molar refractivity (Wildman–Crippen MR) is 108 cm³/mol. The van der Waals surface area contributed by atoms with Gasteiger partial charge in [0.1, 0.15) is 6.33 Å². The highest BCUT2D eigenvalue weighted by Crippen LogP contribution is 2.44. The maximum Gasteiger partial charge on any atom is 0.314 e. The van der Waals surface area contributed by atoms with Crippen molar-refractivity contribution in [1.82, 2.24) is 29.6 Å². The molecule has 0 spiro atoms. The normalized spacial score (nSPS) is 23.8. The van der Waals surface area contributed by atoms with Gasteiger partial charge in [0.15, 0.2) is 0 Å². The van der Waals surface area contributed by atoms with Gasteiger partial charge in [-0.15, -0.1) is 5.10 Å². The van der Waals surface area contributed by atoms with Crippen LogP contribution in [0.5, 0.6) is 0 Å². The summed E-state index contributed by atoms with van der Waals surface area (Å²) in [5.41, 5.74) is 0.295. The second-order valence-corrected chi connectivity index (χ2v) is 8.11. The second-order valence-electron chi connectivity index (χ2n) is 8.11. The Kier molecular flexibility index (Phi) is 5.40. The number of aromatic nitrogens is 5. The number of aryl methyl sites for hydroxylation is 2. The van der Waals surface area contributed by atoms with Crippen LogP contribution in [0.3, 0.4) is 0 Å². The standard InChI is InChI=1S/C20H27N7O3/c1-4-30-18(29)20-6-5-7-26(17(28)16-23-13-25(3)24-16)10-15(20)11-27(12-20)19-21-8-14(2)9-22-19/h8-9,13,15H,4-7,10-12H2,1-3H3/t15-,20-/m0/s1. The molecule has 2 saturated heterocycles. The van der Waals surface area contributed by atoms with Gasteiger partial charge in [0, 0.05) is 51.5 Å². The van der Waals surface area contributed by atoms with Crippen molar-refractivity contribution in [3.63, 3.8) is 0 Å². The van der Waals surface area contributed by atoms with Crippen LogP contribution in [-0.2, 0) is 16.6 Å². The Morgan fingerprint density at radius 3 is 2.67 bits per heavy atom. The summed E-state index contributed by atoms with van der Waals surface area (Å²) in [7, 11) is 1.73. The number of carbonyl (C=O) groups is 2. The molecule has 0 unspecified atom stereocenters. The van der Waals surface area contributed by atoms with E-state index in [-0.39, 0.29) is 23.6 Å². The Morgan fingerprint density at radius 2 is 2.00 bits per heavy atom. The van der Waals surface area contributed by atoms with Gasteiger partial charge >= 0.3 is 5.97 Å². The summed E-state index contributed by atoms with van der Waals surface area (Å²) in [6.07, 6.45) is 6.42. The molecule has 4 rings (SSSR count). The zero-order valence-corrected chi connectivity index (χ0v) is 17.6. The van der Waals surface area contributed by atoms with E-state index in [4.69, 9.17) is 4.74 Å². The lowest BCUT2D eigenvalue weighted by Crippen LogP contribution is -2.43. The second kappa shape index (κ2) is 8.00. The van der Waals surface area contributed by atoms with E-state index < -0.39 is 5.41 Å². The summed E-state index contributed by atoms with van der Waals surface area (Å²) in [6, 6.07) is 0. The van der Waals surface area contributed by atoms with Crippen molar-refractivity contribution in [2.24, 2.45) is 18.4 Å². The van der Waals surface area contributed by atoms with Gasteiger partial charge in [0.2, 0.25) is 11.8 Å². The van der Waals surface area contributed by atoms with Crippen molar-refractivity contribution in [2.75, 3.05) is 37.7 Å². The van der Waals surface area contributed by atoms with E-state index in [1.807, 2.05) is 18.7 Å². The average molecular weight is 413 g/mol. The summed E-state index contributed by atoms with van der Waals surface area (Å²) in [6.45, 7) is 6.17. The molecule has 0 aromatic carbocycles. The van der Waals surface area contributed by atoms with Crippen LogP contribution in [0.2, 0.25) is 0 Å². The molecular weight excluding hydrogens is 386 g/mol. The highest BCUT2D eigenvalue weighted by atomic mass is 16.5. The smallest absolute Gasteiger partial charge is 0.314 e. The average Bonchev–Trinajstić information content (AvgIpc) is 3.27. The Labute approximate surface area is 175 Å². The fourth-order valence-electron chi connectivity index (χ4n) is 4.51. The fraction of sp³-hybridized carbons (Fsp3) is 0.600. The highest BCUT2D eigenvalue weighted by Gasteiger charge is 2.55. The molecule has 10 heteroatoms. The molecule has 0 N–H and O–H groups in total. The molecule has 0 saturated carbocycles. The molecule has 30 heavy (non-hydrogen) atoms.